The van der Waals surface area contributed by atoms with Crippen LogP contribution in [-0.4, -0.2) is 18.3 Å². The van der Waals surface area contributed by atoms with Gasteiger partial charge in [0.15, 0.2) is 0 Å². The van der Waals surface area contributed by atoms with Crippen LogP contribution in [0.4, 0.5) is 0 Å². The SMILES string of the molecule is CCOc1ccc(C(O)C(CN)c2ccc(Cl)cc2)cc1. The van der Waals surface area contributed by atoms with E-state index >= 15 is 0 Å². The van der Waals surface area contributed by atoms with Crippen LogP contribution in [0.25, 0.3) is 0 Å². The highest BCUT2D eigenvalue weighted by Crippen LogP contribution is 2.31. The van der Waals surface area contributed by atoms with E-state index in [0.717, 1.165) is 16.9 Å². The molecule has 0 fully saturated rings. The molecular formula is C17H20ClNO2. The molecular weight excluding hydrogens is 286 g/mol. The zero-order chi connectivity index (χ0) is 15.2. The first-order valence-electron chi connectivity index (χ1n) is 7.02. The second-order valence-corrected chi connectivity index (χ2v) is 5.28. The molecule has 0 bridgehead atoms. The van der Waals surface area contributed by atoms with Crippen LogP contribution >= 0.6 is 11.6 Å². The molecule has 112 valence electrons. The first-order chi connectivity index (χ1) is 10.2. The van der Waals surface area contributed by atoms with Gasteiger partial charge >= 0.3 is 0 Å². The van der Waals surface area contributed by atoms with Gasteiger partial charge in [0.05, 0.1) is 12.7 Å². The van der Waals surface area contributed by atoms with Crippen LogP contribution in [0.1, 0.15) is 30.1 Å². The molecule has 3 N–H and O–H groups in total. The van der Waals surface area contributed by atoms with E-state index in [2.05, 4.69) is 0 Å². The monoisotopic (exact) mass is 305 g/mol. The lowest BCUT2D eigenvalue weighted by Crippen LogP contribution is -2.20. The second kappa shape index (κ2) is 7.46. The average molecular weight is 306 g/mol. The summed E-state index contributed by atoms with van der Waals surface area (Å²) in [5, 5.41) is 11.2. The van der Waals surface area contributed by atoms with Crippen molar-refractivity contribution in [3.8, 4) is 5.75 Å². The summed E-state index contributed by atoms with van der Waals surface area (Å²) in [5.74, 6) is 0.629. The fourth-order valence-corrected chi connectivity index (χ4v) is 2.44. The van der Waals surface area contributed by atoms with Gasteiger partial charge in [0.2, 0.25) is 0 Å². The summed E-state index contributed by atoms with van der Waals surface area (Å²) in [6.07, 6.45) is -0.660. The van der Waals surface area contributed by atoms with Crippen molar-refractivity contribution in [1.29, 1.82) is 0 Å². The first-order valence-corrected chi connectivity index (χ1v) is 7.39. The Morgan fingerprint density at radius 3 is 2.14 bits per heavy atom. The van der Waals surface area contributed by atoms with E-state index in [0.29, 0.717) is 18.2 Å². The Bertz CT molecular complexity index is 554. The van der Waals surface area contributed by atoms with Crippen LogP contribution in [0.3, 0.4) is 0 Å². The highest BCUT2D eigenvalue weighted by molar-refractivity contribution is 6.30. The largest absolute Gasteiger partial charge is 0.494 e. The van der Waals surface area contributed by atoms with Crippen molar-refractivity contribution in [2.75, 3.05) is 13.2 Å². The fraction of sp³-hybridized carbons (Fsp3) is 0.294. The summed E-state index contributed by atoms with van der Waals surface area (Å²) >= 11 is 5.90. The molecule has 0 aliphatic heterocycles. The maximum absolute atomic E-state index is 10.6. The minimum atomic E-state index is -0.660. The van der Waals surface area contributed by atoms with Gasteiger partial charge in [-0.25, -0.2) is 0 Å². The molecule has 2 atom stereocenters. The summed E-state index contributed by atoms with van der Waals surface area (Å²) in [4.78, 5) is 0. The number of halogens is 1. The van der Waals surface area contributed by atoms with Crippen LogP contribution in [0.2, 0.25) is 5.02 Å². The molecule has 2 aromatic carbocycles. The van der Waals surface area contributed by atoms with E-state index in [-0.39, 0.29) is 5.92 Å². The highest BCUT2D eigenvalue weighted by Gasteiger charge is 2.21. The van der Waals surface area contributed by atoms with Gasteiger partial charge in [-0.1, -0.05) is 35.9 Å². The first kappa shape index (κ1) is 15.8. The Labute approximate surface area is 130 Å². The molecule has 0 aliphatic rings. The van der Waals surface area contributed by atoms with Crippen molar-refractivity contribution in [3.05, 3.63) is 64.7 Å². The maximum Gasteiger partial charge on any atom is 0.119 e. The predicted molar refractivity (Wildman–Crippen MR) is 85.8 cm³/mol. The molecule has 2 unspecified atom stereocenters. The number of nitrogens with two attached hydrogens (primary N) is 1. The molecule has 0 spiro atoms. The number of benzene rings is 2. The standard InChI is InChI=1S/C17H20ClNO2/c1-2-21-15-9-5-13(6-10-15)17(20)16(11-19)12-3-7-14(18)8-4-12/h3-10,16-17,20H,2,11,19H2,1H3. The molecule has 0 radical (unpaired) electrons. The molecule has 0 saturated carbocycles. The lowest BCUT2D eigenvalue weighted by molar-refractivity contribution is 0.147. The van der Waals surface area contributed by atoms with E-state index in [9.17, 15) is 5.11 Å². The molecule has 0 heterocycles. The second-order valence-electron chi connectivity index (χ2n) is 4.84. The van der Waals surface area contributed by atoms with Crippen molar-refractivity contribution in [3.63, 3.8) is 0 Å². The molecule has 2 aromatic rings. The Morgan fingerprint density at radius 2 is 1.62 bits per heavy atom. The summed E-state index contributed by atoms with van der Waals surface area (Å²) < 4.78 is 5.40. The van der Waals surface area contributed by atoms with Crippen molar-refractivity contribution >= 4 is 11.6 Å². The van der Waals surface area contributed by atoms with E-state index in [4.69, 9.17) is 22.1 Å². The topological polar surface area (TPSA) is 55.5 Å². The molecule has 0 aliphatic carbocycles. The van der Waals surface area contributed by atoms with E-state index in [1.54, 1.807) is 0 Å². The van der Waals surface area contributed by atoms with Crippen molar-refractivity contribution < 1.29 is 9.84 Å². The summed E-state index contributed by atoms with van der Waals surface area (Å²) in [6.45, 7) is 2.92. The Morgan fingerprint density at radius 1 is 1.05 bits per heavy atom. The number of ether oxygens (including phenoxy) is 1. The van der Waals surface area contributed by atoms with Gasteiger partial charge in [-0.05, 0) is 42.3 Å². The van der Waals surface area contributed by atoms with Gasteiger partial charge in [0.25, 0.3) is 0 Å². The Hall–Kier alpha value is -1.55. The summed E-state index contributed by atoms with van der Waals surface area (Å²) in [7, 11) is 0. The number of rotatable bonds is 6. The van der Waals surface area contributed by atoms with Crippen LogP contribution < -0.4 is 10.5 Å². The average Bonchev–Trinajstić information content (AvgIpc) is 2.51. The third kappa shape index (κ3) is 3.97. The number of aliphatic hydroxyl groups is 1. The van der Waals surface area contributed by atoms with Crippen molar-refractivity contribution in [2.24, 2.45) is 5.73 Å². The summed E-state index contributed by atoms with van der Waals surface area (Å²) in [6, 6.07) is 14.9. The lowest BCUT2D eigenvalue weighted by Gasteiger charge is -2.22. The fourth-order valence-electron chi connectivity index (χ4n) is 2.32. The van der Waals surface area contributed by atoms with Gasteiger partial charge in [-0.15, -0.1) is 0 Å². The molecule has 0 amide bonds. The third-order valence-electron chi connectivity index (χ3n) is 3.47. The molecule has 3 nitrogen and oxygen atoms in total. The molecule has 21 heavy (non-hydrogen) atoms. The molecule has 0 aromatic heterocycles. The zero-order valence-corrected chi connectivity index (χ0v) is 12.8. The smallest absolute Gasteiger partial charge is 0.119 e. The number of aliphatic hydroxyl groups excluding tert-OH is 1. The van der Waals surface area contributed by atoms with Gasteiger partial charge < -0.3 is 15.6 Å². The van der Waals surface area contributed by atoms with E-state index < -0.39 is 6.10 Å². The minimum absolute atomic E-state index is 0.166. The lowest BCUT2D eigenvalue weighted by atomic mass is 9.89. The van der Waals surface area contributed by atoms with Gasteiger partial charge in [0.1, 0.15) is 5.75 Å². The highest BCUT2D eigenvalue weighted by atomic mass is 35.5. The molecule has 2 rings (SSSR count). The number of hydrogen-bond donors (Lipinski definition) is 2. The minimum Gasteiger partial charge on any atom is -0.494 e. The van der Waals surface area contributed by atoms with Gasteiger partial charge in [-0.3, -0.25) is 0 Å². The number of hydrogen-bond acceptors (Lipinski definition) is 3. The maximum atomic E-state index is 10.6. The van der Waals surface area contributed by atoms with Crippen LogP contribution in [0.15, 0.2) is 48.5 Å². The quantitative estimate of drug-likeness (QED) is 0.858. The normalized spacial score (nSPS) is 13.7. The Kier molecular flexibility index (Phi) is 5.62. The van der Waals surface area contributed by atoms with Crippen molar-refractivity contribution in [2.45, 2.75) is 18.9 Å². The van der Waals surface area contributed by atoms with Gasteiger partial charge in [0, 0.05) is 17.5 Å². The van der Waals surface area contributed by atoms with E-state index in [1.165, 1.54) is 0 Å². The molecule has 0 saturated heterocycles. The Balaban J connectivity index is 2.19. The van der Waals surface area contributed by atoms with Gasteiger partial charge in [-0.2, -0.15) is 0 Å². The molecule has 4 heteroatoms. The van der Waals surface area contributed by atoms with Crippen LogP contribution in [0, 0.1) is 0 Å². The van der Waals surface area contributed by atoms with Crippen molar-refractivity contribution in [1.82, 2.24) is 0 Å². The zero-order valence-electron chi connectivity index (χ0n) is 12.0. The third-order valence-corrected chi connectivity index (χ3v) is 3.72. The summed E-state index contributed by atoms with van der Waals surface area (Å²) in [5.41, 5.74) is 7.64. The predicted octanol–water partition coefficient (Wildman–Crippen LogP) is 3.51. The van der Waals surface area contributed by atoms with E-state index in [1.807, 2.05) is 55.5 Å². The van der Waals surface area contributed by atoms with Crippen LogP contribution in [-0.2, 0) is 0 Å². The van der Waals surface area contributed by atoms with Crippen LogP contribution in [0.5, 0.6) is 5.75 Å².